The summed E-state index contributed by atoms with van der Waals surface area (Å²) in [5, 5.41) is 3.04. The predicted molar refractivity (Wildman–Crippen MR) is 96.0 cm³/mol. The van der Waals surface area contributed by atoms with E-state index in [-0.39, 0.29) is 17.9 Å². The number of allylic oxidation sites excluding steroid dienone is 1. The lowest BCUT2D eigenvalue weighted by Gasteiger charge is -2.31. The number of amides is 2. The molecule has 25 heavy (non-hydrogen) atoms. The Morgan fingerprint density at radius 1 is 1.20 bits per heavy atom. The fraction of sp³-hybridized carbons (Fsp3) is 0.474. The molecular weight excluding hydrogens is 320 g/mol. The van der Waals surface area contributed by atoms with Gasteiger partial charge in [0.2, 0.25) is 5.91 Å². The molecule has 2 rings (SSSR count). The van der Waals surface area contributed by atoms with Crippen molar-refractivity contribution < 1.29 is 19.1 Å². The molecule has 1 saturated heterocycles. The molecule has 136 valence electrons. The fourth-order valence-electron chi connectivity index (χ4n) is 2.81. The number of benzene rings is 1. The minimum Gasteiger partial charge on any atom is -0.493 e. The first-order chi connectivity index (χ1) is 12.1. The van der Waals surface area contributed by atoms with Crippen LogP contribution >= 0.6 is 0 Å². The molecule has 0 radical (unpaired) electrons. The summed E-state index contributed by atoms with van der Waals surface area (Å²) in [4.78, 5) is 26.2. The quantitative estimate of drug-likeness (QED) is 0.803. The van der Waals surface area contributed by atoms with Gasteiger partial charge in [0.15, 0.2) is 11.5 Å². The molecule has 0 unspecified atom stereocenters. The summed E-state index contributed by atoms with van der Waals surface area (Å²) in [7, 11) is 3.10. The first-order valence-electron chi connectivity index (χ1n) is 8.57. The maximum Gasteiger partial charge on any atom is 0.251 e. The molecule has 1 fully saturated rings. The molecule has 0 aliphatic carbocycles. The van der Waals surface area contributed by atoms with E-state index in [1.165, 1.54) is 0 Å². The summed E-state index contributed by atoms with van der Waals surface area (Å²) in [6.07, 6.45) is 5.86. The topological polar surface area (TPSA) is 67.9 Å². The van der Waals surface area contributed by atoms with Crippen molar-refractivity contribution in [2.45, 2.75) is 32.2 Å². The normalized spacial score (nSPS) is 15.2. The SMILES string of the molecule is CC/C=C/C(=O)N1CCC(NC(=O)c2ccc(OC)c(OC)c2)CC1. The van der Waals surface area contributed by atoms with Gasteiger partial charge < -0.3 is 19.7 Å². The van der Waals surface area contributed by atoms with Crippen LogP contribution in [-0.2, 0) is 4.79 Å². The summed E-state index contributed by atoms with van der Waals surface area (Å²) in [5.41, 5.74) is 0.530. The average molecular weight is 346 g/mol. The number of rotatable bonds is 6. The standard InChI is InChI=1S/C19H26N2O4/c1-4-5-6-18(22)21-11-9-15(10-12-21)20-19(23)14-7-8-16(24-2)17(13-14)25-3/h5-8,13,15H,4,9-12H2,1-3H3,(H,20,23)/b6-5+. The van der Waals surface area contributed by atoms with Crippen molar-refractivity contribution in [1.82, 2.24) is 10.2 Å². The Labute approximate surface area is 148 Å². The van der Waals surface area contributed by atoms with Gasteiger partial charge in [0.1, 0.15) is 0 Å². The van der Waals surface area contributed by atoms with E-state index in [0.29, 0.717) is 30.2 Å². The van der Waals surface area contributed by atoms with E-state index in [9.17, 15) is 9.59 Å². The largest absolute Gasteiger partial charge is 0.493 e. The number of nitrogens with one attached hydrogen (secondary N) is 1. The maximum absolute atomic E-state index is 12.4. The van der Waals surface area contributed by atoms with Gasteiger partial charge in [0.05, 0.1) is 14.2 Å². The van der Waals surface area contributed by atoms with E-state index in [2.05, 4.69) is 5.32 Å². The van der Waals surface area contributed by atoms with Gasteiger partial charge in [0, 0.05) is 24.7 Å². The number of hydrogen-bond donors (Lipinski definition) is 1. The van der Waals surface area contributed by atoms with Crippen molar-refractivity contribution in [2.24, 2.45) is 0 Å². The van der Waals surface area contributed by atoms with Gasteiger partial charge in [-0.1, -0.05) is 13.0 Å². The minimum atomic E-state index is -0.142. The monoisotopic (exact) mass is 346 g/mol. The van der Waals surface area contributed by atoms with E-state index in [0.717, 1.165) is 19.3 Å². The lowest BCUT2D eigenvalue weighted by molar-refractivity contribution is -0.127. The minimum absolute atomic E-state index is 0.0477. The molecule has 6 nitrogen and oxygen atoms in total. The zero-order valence-electron chi connectivity index (χ0n) is 15.1. The molecule has 0 aromatic heterocycles. The van der Waals surface area contributed by atoms with Crippen molar-refractivity contribution in [2.75, 3.05) is 27.3 Å². The van der Waals surface area contributed by atoms with Crippen LogP contribution in [0.25, 0.3) is 0 Å². The second-order valence-corrected chi connectivity index (χ2v) is 5.95. The van der Waals surface area contributed by atoms with Gasteiger partial charge in [-0.25, -0.2) is 0 Å². The first-order valence-corrected chi connectivity index (χ1v) is 8.57. The Balaban J connectivity index is 1.90. The third-order valence-corrected chi connectivity index (χ3v) is 4.28. The van der Waals surface area contributed by atoms with E-state index >= 15 is 0 Å². The summed E-state index contributed by atoms with van der Waals surface area (Å²) >= 11 is 0. The Morgan fingerprint density at radius 3 is 2.48 bits per heavy atom. The molecule has 1 aliphatic heterocycles. The van der Waals surface area contributed by atoms with E-state index < -0.39 is 0 Å². The van der Waals surface area contributed by atoms with E-state index in [4.69, 9.17) is 9.47 Å². The molecular formula is C19H26N2O4. The third kappa shape index (κ3) is 4.98. The molecule has 0 saturated carbocycles. The molecule has 6 heteroatoms. The number of hydrogen-bond acceptors (Lipinski definition) is 4. The maximum atomic E-state index is 12.4. The molecule has 1 aromatic rings. The Hall–Kier alpha value is -2.50. The van der Waals surface area contributed by atoms with Crippen molar-refractivity contribution in [1.29, 1.82) is 0 Å². The van der Waals surface area contributed by atoms with Gasteiger partial charge in [-0.2, -0.15) is 0 Å². The molecule has 1 aromatic carbocycles. The highest BCUT2D eigenvalue weighted by Gasteiger charge is 2.23. The number of likely N-dealkylation sites (tertiary alicyclic amines) is 1. The predicted octanol–water partition coefficient (Wildman–Crippen LogP) is 2.39. The number of ether oxygens (including phenoxy) is 2. The van der Waals surface area contributed by atoms with E-state index in [1.54, 1.807) is 38.5 Å². The third-order valence-electron chi connectivity index (χ3n) is 4.28. The van der Waals surface area contributed by atoms with Crippen LogP contribution in [0, 0.1) is 0 Å². The average Bonchev–Trinajstić information content (AvgIpc) is 2.65. The lowest BCUT2D eigenvalue weighted by Crippen LogP contribution is -2.46. The number of piperidine rings is 1. The molecule has 0 bridgehead atoms. The van der Waals surface area contributed by atoms with Crippen molar-refractivity contribution >= 4 is 11.8 Å². The summed E-state index contributed by atoms with van der Waals surface area (Å²) < 4.78 is 10.4. The van der Waals surface area contributed by atoms with E-state index in [1.807, 2.05) is 17.9 Å². The van der Waals surface area contributed by atoms with Crippen LogP contribution in [0.4, 0.5) is 0 Å². The van der Waals surface area contributed by atoms with Crippen molar-refractivity contribution in [3.8, 4) is 11.5 Å². The molecule has 1 N–H and O–H groups in total. The second kappa shape index (κ2) is 9.11. The second-order valence-electron chi connectivity index (χ2n) is 5.95. The van der Waals surface area contributed by atoms with Gasteiger partial charge in [0.25, 0.3) is 5.91 Å². The van der Waals surface area contributed by atoms with Crippen LogP contribution in [0.2, 0.25) is 0 Å². The molecule has 1 aliphatic rings. The van der Waals surface area contributed by atoms with Crippen LogP contribution in [-0.4, -0.2) is 50.1 Å². The summed E-state index contributed by atoms with van der Waals surface area (Å²) in [6, 6.07) is 5.17. The molecule has 0 atom stereocenters. The summed E-state index contributed by atoms with van der Waals surface area (Å²) in [5.74, 6) is 1.02. The Bertz CT molecular complexity index is 634. The Kier molecular flexibility index (Phi) is 6.86. The first kappa shape index (κ1) is 18.8. The number of nitrogens with zero attached hydrogens (tertiary/aromatic N) is 1. The van der Waals surface area contributed by atoms with Crippen LogP contribution in [0.3, 0.4) is 0 Å². The summed E-state index contributed by atoms with van der Waals surface area (Å²) in [6.45, 7) is 3.31. The van der Waals surface area contributed by atoms with Crippen LogP contribution in [0.1, 0.15) is 36.5 Å². The van der Waals surface area contributed by atoms with Gasteiger partial charge in [-0.15, -0.1) is 0 Å². The number of carbonyl (C=O) groups excluding carboxylic acids is 2. The molecule has 1 heterocycles. The van der Waals surface area contributed by atoms with Gasteiger partial charge >= 0.3 is 0 Å². The zero-order valence-corrected chi connectivity index (χ0v) is 15.1. The number of methoxy groups -OCH3 is 2. The van der Waals surface area contributed by atoms with Crippen molar-refractivity contribution in [3.63, 3.8) is 0 Å². The number of carbonyl (C=O) groups is 2. The van der Waals surface area contributed by atoms with Crippen LogP contribution < -0.4 is 14.8 Å². The Morgan fingerprint density at radius 2 is 1.88 bits per heavy atom. The highest BCUT2D eigenvalue weighted by Crippen LogP contribution is 2.27. The van der Waals surface area contributed by atoms with Gasteiger partial charge in [-0.05, 0) is 43.5 Å². The van der Waals surface area contributed by atoms with Crippen molar-refractivity contribution in [3.05, 3.63) is 35.9 Å². The lowest BCUT2D eigenvalue weighted by atomic mass is 10.0. The van der Waals surface area contributed by atoms with Crippen LogP contribution in [0.5, 0.6) is 11.5 Å². The van der Waals surface area contributed by atoms with Crippen LogP contribution in [0.15, 0.2) is 30.4 Å². The molecule has 0 spiro atoms. The highest BCUT2D eigenvalue weighted by molar-refractivity contribution is 5.95. The smallest absolute Gasteiger partial charge is 0.251 e. The zero-order chi connectivity index (χ0) is 18.2. The molecule has 2 amide bonds. The van der Waals surface area contributed by atoms with Gasteiger partial charge in [-0.3, -0.25) is 9.59 Å². The fourth-order valence-corrected chi connectivity index (χ4v) is 2.81. The highest BCUT2D eigenvalue weighted by atomic mass is 16.5.